The van der Waals surface area contributed by atoms with Gasteiger partial charge in [0.15, 0.2) is 5.78 Å². The Labute approximate surface area is 104 Å². The molecule has 1 aromatic carbocycles. The molecule has 1 fully saturated rings. The zero-order valence-corrected chi connectivity index (χ0v) is 10.9. The molecule has 0 amide bonds. The number of Topliss-reactive ketones (excluding diaryl/α,β-unsaturated/α-hetero) is 1. The van der Waals surface area contributed by atoms with Gasteiger partial charge in [-0.3, -0.25) is 4.79 Å². The molecule has 2 rings (SSSR count). The fourth-order valence-electron chi connectivity index (χ4n) is 1.83. The van der Waals surface area contributed by atoms with Gasteiger partial charge in [-0.1, -0.05) is 6.42 Å². The lowest BCUT2D eigenvalue weighted by Crippen LogP contribution is -2.21. The van der Waals surface area contributed by atoms with E-state index in [1.54, 1.807) is 0 Å². The molecule has 1 aliphatic rings. The Balaban J connectivity index is 2.16. The maximum absolute atomic E-state index is 12.0. The maximum atomic E-state index is 12.0. The number of hydrogen-bond donors (Lipinski definition) is 0. The Hall–Kier alpha value is -0.830. The largest absolute Gasteiger partial charge is 0.493 e. The monoisotopic (exact) mass is 282 g/mol. The highest BCUT2D eigenvalue weighted by Crippen LogP contribution is 2.32. The van der Waals surface area contributed by atoms with Crippen LogP contribution in [0.5, 0.6) is 5.75 Å². The summed E-state index contributed by atoms with van der Waals surface area (Å²) >= 11 is 3.43. The van der Waals surface area contributed by atoms with E-state index in [4.69, 9.17) is 4.74 Å². The zero-order chi connectivity index (χ0) is 11.5. The van der Waals surface area contributed by atoms with Crippen LogP contribution in [0.15, 0.2) is 22.7 Å². The molecule has 3 heteroatoms. The van der Waals surface area contributed by atoms with Crippen LogP contribution in [0.4, 0.5) is 0 Å². The van der Waals surface area contributed by atoms with Gasteiger partial charge in [0.05, 0.1) is 11.1 Å². The van der Waals surface area contributed by atoms with Crippen LogP contribution in [0.25, 0.3) is 0 Å². The first kappa shape index (κ1) is 11.6. The molecule has 1 aliphatic carbocycles. The van der Waals surface area contributed by atoms with Crippen LogP contribution < -0.4 is 4.74 Å². The second-order valence-electron chi connectivity index (χ2n) is 4.07. The summed E-state index contributed by atoms with van der Waals surface area (Å²) in [6, 6.07) is 5.58. The minimum absolute atomic E-state index is 0.254. The summed E-state index contributed by atoms with van der Waals surface area (Å²) in [6.45, 7) is 2.58. The van der Waals surface area contributed by atoms with Crippen molar-refractivity contribution < 1.29 is 9.53 Å². The van der Waals surface area contributed by atoms with Crippen LogP contribution in [0, 0.1) is 5.92 Å². The Morgan fingerprint density at radius 2 is 2.25 bits per heavy atom. The first-order valence-corrected chi connectivity index (χ1v) is 6.48. The first-order chi connectivity index (χ1) is 7.72. The van der Waals surface area contributed by atoms with Gasteiger partial charge in [-0.2, -0.15) is 0 Å². The lowest BCUT2D eigenvalue weighted by molar-refractivity contribution is 0.0855. The Morgan fingerprint density at radius 1 is 1.50 bits per heavy atom. The van der Waals surface area contributed by atoms with E-state index in [1.807, 2.05) is 25.1 Å². The van der Waals surface area contributed by atoms with Crippen molar-refractivity contribution in [3.8, 4) is 5.75 Å². The quantitative estimate of drug-likeness (QED) is 0.785. The summed E-state index contributed by atoms with van der Waals surface area (Å²) in [4.78, 5) is 12.0. The molecule has 0 unspecified atom stereocenters. The van der Waals surface area contributed by atoms with Crippen molar-refractivity contribution >= 4 is 21.7 Å². The number of benzene rings is 1. The highest BCUT2D eigenvalue weighted by molar-refractivity contribution is 9.10. The maximum Gasteiger partial charge on any atom is 0.165 e. The van der Waals surface area contributed by atoms with E-state index in [0.717, 1.165) is 28.6 Å². The lowest BCUT2D eigenvalue weighted by atomic mass is 9.80. The molecule has 0 N–H and O–H groups in total. The van der Waals surface area contributed by atoms with E-state index in [9.17, 15) is 4.79 Å². The molecule has 0 bridgehead atoms. The van der Waals surface area contributed by atoms with E-state index < -0.39 is 0 Å². The van der Waals surface area contributed by atoms with Crippen molar-refractivity contribution in [2.45, 2.75) is 26.2 Å². The SMILES string of the molecule is CCOc1ccc(C(=O)C2CCC2)cc1Br. The summed E-state index contributed by atoms with van der Waals surface area (Å²) in [5.74, 6) is 1.33. The van der Waals surface area contributed by atoms with Gasteiger partial charge in [0.25, 0.3) is 0 Å². The van der Waals surface area contributed by atoms with Crippen molar-refractivity contribution in [2.24, 2.45) is 5.92 Å². The van der Waals surface area contributed by atoms with Crippen molar-refractivity contribution in [1.29, 1.82) is 0 Å². The highest BCUT2D eigenvalue weighted by Gasteiger charge is 2.26. The highest BCUT2D eigenvalue weighted by atomic mass is 79.9. The number of ketones is 1. The van der Waals surface area contributed by atoms with Gasteiger partial charge in [-0.25, -0.2) is 0 Å². The molecule has 1 aromatic rings. The third-order valence-corrected chi connectivity index (χ3v) is 3.61. The molecule has 16 heavy (non-hydrogen) atoms. The van der Waals surface area contributed by atoms with E-state index in [1.165, 1.54) is 6.42 Å². The van der Waals surface area contributed by atoms with Crippen LogP contribution in [-0.2, 0) is 0 Å². The van der Waals surface area contributed by atoms with Crippen LogP contribution in [0.3, 0.4) is 0 Å². The normalized spacial score (nSPS) is 15.6. The molecule has 0 radical (unpaired) electrons. The Kier molecular flexibility index (Phi) is 3.64. The number of ether oxygens (including phenoxy) is 1. The van der Waals surface area contributed by atoms with Crippen molar-refractivity contribution in [1.82, 2.24) is 0 Å². The summed E-state index contributed by atoms with van der Waals surface area (Å²) in [5.41, 5.74) is 0.792. The van der Waals surface area contributed by atoms with Gasteiger partial charge in [0.1, 0.15) is 5.75 Å². The number of rotatable bonds is 4. The van der Waals surface area contributed by atoms with Gasteiger partial charge in [0.2, 0.25) is 0 Å². The summed E-state index contributed by atoms with van der Waals surface area (Å²) < 4.78 is 6.27. The minimum Gasteiger partial charge on any atom is -0.493 e. The van der Waals surface area contributed by atoms with Crippen LogP contribution in [0.1, 0.15) is 36.5 Å². The van der Waals surface area contributed by atoms with E-state index in [2.05, 4.69) is 15.9 Å². The van der Waals surface area contributed by atoms with Crippen molar-refractivity contribution in [3.63, 3.8) is 0 Å². The van der Waals surface area contributed by atoms with Crippen molar-refractivity contribution in [2.75, 3.05) is 6.61 Å². The third-order valence-electron chi connectivity index (χ3n) is 2.99. The Morgan fingerprint density at radius 3 is 2.75 bits per heavy atom. The predicted molar refractivity (Wildman–Crippen MR) is 67.0 cm³/mol. The molecule has 2 nitrogen and oxygen atoms in total. The molecule has 0 aliphatic heterocycles. The van der Waals surface area contributed by atoms with Crippen LogP contribution in [0.2, 0.25) is 0 Å². The summed E-state index contributed by atoms with van der Waals surface area (Å²) in [6.07, 6.45) is 3.28. The zero-order valence-electron chi connectivity index (χ0n) is 9.33. The lowest BCUT2D eigenvalue weighted by Gasteiger charge is -2.23. The molecule has 86 valence electrons. The predicted octanol–water partition coefficient (Wildman–Crippen LogP) is 3.83. The van der Waals surface area contributed by atoms with Crippen LogP contribution >= 0.6 is 15.9 Å². The molecular weight excluding hydrogens is 268 g/mol. The average Bonchev–Trinajstić information content (AvgIpc) is 2.18. The molecule has 0 atom stereocenters. The topological polar surface area (TPSA) is 26.3 Å². The van der Waals surface area contributed by atoms with Gasteiger partial charge < -0.3 is 4.74 Å². The van der Waals surface area contributed by atoms with E-state index >= 15 is 0 Å². The summed E-state index contributed by atoms with van der Waals surface area (Å²) in [7, 11) is 0. The number of carbonyl (C=O) groups is 1. The minimum atomic E-state index is 0.254. The van der Waals surface area contributed by atoms with Gasteiger partial charge in [0, 0.05) is 11.5 Å². The fourth-order valence-corrected chi connectivity index (χ4v) is 2.33. The average molecular weight is 283 g/mol. The molecule has 0 saturated heterocycles. The van der Waals surface area contributed by atoms with Gasteiger partial charge in [-0.05, 0) is 53.9 Å². The summed E-state index contributed by atoms with van der Waals surface area (Å²) in [5, 5.41) is 0. The van der Waals surface area contributed by atoms with E-state index in [0.29, 0.717) is 6.61 Å². The van der Waals surface area contributed by atoms with Crippen molar-refractivity contribution in [3.05, 3.63) is 28.2 Å². The molecule has 0 heterocycles. The second-order valence-corrected chi connectivity index (χ2v) is 4.92. The molecular formula is C13H15BrO2. The molecule has 0 spiro atoms. The van der Waals surface area contributed by atoms with E-state index in [-0.39, 0.29) is 11.7 Å². The van der Waals surface area contributed by atoms with Crippen LogP contribution in [-0.4, -0.2) is 12.4 Å². The fraction of sp³-hybridized carbons (Fsp3) is 0.462. The Bertz CT molecular complexity index is 397. The number of hydrogen-bond acceptors (Lipinski definition) is 2. The smallest absolute Gasteiger partial charge is 0.165 e. The van der Waals surface area contributed by atoms with Gasteiger partial charge >= 0.3 is 0 Å². The standard InChI is InChI=1S/C13H15BrO2/c1-2-16-12-7-6-10(8-11(12)14)13(15)9-4-3-5-9/h6-9H,2-5H2,1H3. The van der Waals surface area contributed by atoms with Gasteiger partial charge in [-0.15, -0.1) is 0 Å². The first-order valence-electron chi connectivity index (χ1n) is 5.69. The number of carbonyl (C=O) groups excluding carboxylic acids is 1. The molecule has 0 aromatic heterocycles. The second kappa shape index (κ2) is 5.00. The third kappa shape index (κ3) is 2.29. The molecule has 1 saturated carbocycles. The number of halogens is 1.